The van der Waals surface area contributed by atoms with Gasteiger partial charge in [-0.25, -0.2) is 0 Å². The molecule has 1 aromatic rings. The Balaban J connectivity index is 1.24. The van der Waals surface area contributed by atoms with Gasteiger partial charge in [-0.3, -0.25) is 9.69 Å². The van der Waals surface area contributed by atoms with Crippen LogP contribution in [0, 0.1) is 17.8 Å². The van der Waals surface area contributed by atoms with Crippen molar-refractivity contribution in [2.45, 2.75) is 32.1 Å². The van der Waals surface area contributed by atoms with Gasteiger partial charge in [0, 0.05) is 38.6 Å². The Labute approximate surface area is 139 Å². The first-order valence-electron chi connectivity index (χ1n) is 9.34. The maximum atomic E-state index is 12.8. The molecule has 4 rings (SSSR count). The molecule has 3 atom stereocenters. The first-order valence-corrected chi connectivity index (χ1v) is 9.34. The summed E-state index contributed by atoms with van der Waals surface area (Å²) < 4.78 is 0. The summed E-state index contributed by atoms with van der Waals surface area (Å²) in [5, 5.41) is 0. The van der Waals surface area contributed by atoms with Gasteiger partial charge in [0.25, 0.3) is 0 Å². The van der Waals surface area contributed by atoms with E-state index in [2.05, 4.69) is 40.1 Å². The van der Waals surface area contributed by atoms with E-state index in [9.17, 15) is 4.79 Å². The predicted octanol–water partition coefficient (Wildman–Crippen LogP) is 2.81. The standard InChI is InChI=1S/C20H28N2O/c23-20(19-15-17-6-7-18(19)14-17)22-12-10-21(11-13-22)9-8-16-4-2-1-3-5-16/h1-5,17-19H,6-15H2. The summed E-state index contributed by atoms with van der Waals surface area (Å²) in [6.07, 6.45) is 6.30. The molecule has 0 spiro atoms. The summed E-state index contributed by atoms with van der Waals surface area (Å²) in [6.45, 7) is 5.06. The van der Waals surface area contributed by atoms with Crippen LogP contribution in [0.25, 0.3) is 0 Å². The molecule has 3 fully saturated rings. The second-order valence-corrected chi connectivity index (χ2v) is 7.68. The molecule has 124 valence electrons. The fourth-order valence-electron chi connectivity index (χ4n) is 4.91. The molecule has 1 amide bonds. The Morgan fingerprint density at radius 1 is 1.00 bits per heavy atom. The average Bonchev–Trinajstić information content (AvgIpc) is 3.24. The highest BCUT2D eigenvalue weighted by Gasteiger charge is 2.44. The van der Waals surface area contributed by atoms with Crippen molar-refractivity contribution in [1.29, 1.82) is 0 Å². The van der Waals surface area contributed by atoms with Crippen molar-refractivity contribution in [2.75, 3.05) is 32.7 Å². The third-order valence-corrected chi connectivity index (χ3v) is 6.30. The highest BCUT2D eigenvalue weighted by Crippen LogP contribution is 2.48. The molecule has 23 heavy (non-hydrogen) atoms. The number of carbonyl (C=O) groups is 1. The minimum Gasteiger partial charge on any atom is -0.340 e. The van der Waals surface area contributed by atoms with Gasteiger partial charge in [0.1, 0.15) is 0 Å². The van der Waals surface area contributed by atoms with Gasteiger partial charge in [-0.1, -0.05) is 36.8 Å². The highest BCUT2D eigenvalue weighted by atomic mass is 16.2. The van der Waals surface area contributed by atoms with Crippen molar-refractivity contribution in [3.8, 4) is 0 Å². The van der Waals surface area contributed by atoms with E-state index in [1.807, 2.05) is 0 Å². The molecule has 3 nitrogen and oxygen atoms in total. The molecule has 1 aromatic carbocycles. The molecule has 2 bridgehead atoms. The summed E-state index contributed by atoms with van der Waals surface area (Å²) in [5.74, 6) is 2.41. The Morgan fingerprint density at radius 3 is 2.43 bits per heavy atom. The van der Waals surface area contributed by atoms with Crippen LogP contribution in [-0.2, 0) is 11.2 Å². The first kappa shape index (κ1) is 15.2. The largest absolute Gasteiger partial charge is 0.340 e. The second kappa shape index (κ2) is 6.64. The highest BCUT2D eigenvalue weighted by molar-refractivity contribution is 5.79. The van der Waals surface area contributed by atoms with Crippen molar-refractivity contribution in [3.05, 3.63) is 35.9 Å². The zero-order chi connectivity index (χ0) is 15.6. The summed E-state index contributed by atoms with van der Waals surface area (Å²) in [7, 11) is 0. The summed E-state index contributed by atoms with van der Waals surface area (Å²) in [4.78, 5) is 17.5. The molecule has 0 aromatic heterocycles. The monoisotopic (exact) mass is 312 g/mol. The number of amides is 1. The number of hydrogen-bond acceptors (Lipinski definition) is 2. The van der Waals surface area contributed by atoms with E-state index < -0.39 is 0 Å². The Hall–Kier alpha value is -1.35. The molecule has 3 heteroatoms. The third kappa shape index (κ3) is 3.30. The van der Waals surface area contributed by atoms with E-state index in [1.54, 1.807) is 0 Å². The van der Waals surface area contributed by atoms with Gasteiger partial charge in [0.05, 0.1) is 0 Å². The van der Waals surface area contributed by atoms with Crippen LogP contribution in [0.5, 0.6) is 0 Å². The van der Waals surface area contributed by atoms with Crippen LogP contribution >= 0.6 is 0 Å². The van der Waals surface area contributed by atoms with Crippen LogP contribution < -0.4 is 0 Å². The molecule has 1 saturated heterocycles. The van der Waals surface area contributed by atoms with Crippen LogP contribution in [-0.4, -0.2) is 48.4 Å². The fraction of sp³-hybridized carbons (Fsp3) is 0.650. The summed E-state index contributed by atoms with van der Waals surface area (Å²) in [5.41, 5.74) is 1.41. The number of fused-ring (bicyclic) bond motifs is 2. The molecule has 2 aliphatic carbocycles. The van der Waals surface area contributed by atoms with Gasteiger partial charge in [0.15, 0.2) is 0 Å². The lowest BCUT2D eigenvalue weighted by molar-refractivity contribution is -0.139. The van der Waals surface area contributed by atoms with Crippen molar-refractivity contribution < 1.29 is 4.79 Å². The summed E-state index contributed by atoms with van der Waals surface area (Å²) >= 11 is 0. The second-order valence-electron chi connectivity index (χ2n) is 7.68. The van der Waals surface area contributed by atoms with E-state index in [0.29, 0.717) is 17.7 Å². The molecule has 0 N–H and O–H groups in total. The lowest BCUT2D eigenvalue weighted by atomic mass is 9.87. The summed E-state index contributed by atoms with van der Waals surface area (Å²) in [6, 6.07) is 10.7. The average molecular weight is 312 g/mol. The van der Waals surface area contributed by atoms with Gasteiger partial charge in [-0.15, -0.1) is 0 Å². The number of hydrogen-bond donors (Lipinski definition) is 0. The van der Waals surface area contributed by atoms with E-state index in [1.165, 1.54) is 31.2 Å². The molecular weight excluding hydrogens is 284 g/mol. The quantitative estimate of drug-likeness (QED) is 0.853. The molecule has 2 saturated carbocycles. The zero-order valence-electron chi connectivity index (χ0n) is 14.0. The third-order valence-electron chi connectivity index (χ3n) is 6.30. The van der Waals surface area contributed by atoms with E-state index >= 15 is 0 Å². The van der Waals surface area contributed by atoms with Gasteiger partial charge in [-0.05, 0) is 43.1 Å². The van der Waals surface area contributed by atoms with Gasteiger partial charge in [-0.2, -0.15) is 0 Å². The molecular formula is C20H28N2O. The van der Waals surface area contributed by atoms with Gasteiger partial charge < -0.3 is 4.90 Å². The topological polar surface area (TPSA) is 23.6 Å². The maximum Gasteiger partial charge on any atom is 0.226 e. The molecule has 3 aliphatic rings. The minimum atomic E-state index is 0.365. The van der Waals surface area contributed by atoms with Crippen molar-refractivity contribution in [3.63, 3.8) is 0 Å². The molecule has 0 radical (unpaired) electrons. The van der Waals surface area contributed by atoms with E-state index in [-0.39, 0.29) is 0 Å². The van der Waals surface area contributed by atoms with Crippen LogP contribution in [0.15, 0.2) is 30.3 Å². The first-order chi connectivity index (χ1) is 11.3. The Bertz CT molecular complexity index is 536. The number of piperazine rings is 1. The SMILES string of the molecule is O=C(C1CC2CCC1C2)N1CCN(CCc2ccccc2)CC1. The maximum absolute atomic E-state index is 12.8. The van der Waals surface area contributed by atoms with Gasteiger partial charge >= 0.3 is 0 Å². The lowest BCUT2D eigenvalue weighted by Gasteiger charge is -2.37. The Kier molecular flexibility index (Phi) is 4.39. The number of carbonyl (C=O) groups excluding carboxylic acids is 1. The van der Waals surface area contributed by atoms with Crippen molar-refractivity contribution in [2.24, 2.45) is 17.8 Å². The van der Waals surface area contributed by atoms with Crippen molar-refractivity contribution >= 4 is 5.91 Å². The minimum absolute atomic E-state index is 0.365. The van der Waals surface area contributed by atoms with Crippen LogP contribution in [0.3, 0.4) is 0 Å². The number of rotatable bonds is 4. The normalized spacial score (nSPS) is 30.8. The molecule has 1 heterocycles. The Morgan fingerprint density at radius 2 is 1.78 bits per heavy atom. The molecule has 1 aliphatic heterocycles. The fourth-order valence-corrected chi connectivity index (χ4v) is 4.91. The van der Waals surface area contributed by atoms with E-state index in [4.69, 9.17) is 0 Å². The zero-order valence-corrected chi connectivity index (χ0v) is 14.0. The van der Waals surface area contributed by atoms with Crippen molar-refractivity contribution in [1.82, 2.24) is 9.80 Å². The van der Waals surface area contributed by atoms with Gasteiger partial charge in [0.2, 0.25) is 5.91 Å². The van der Waals surface area contributed by atoms with Crippen LogP contribution in [0.4, 0.5) is 0 Å². The van der Waals surface area contributed by atoms with E-state index in [0.717, 1.165) is 45.1 Å². The molecule has 3 unspecified atom stereocenters. The van der Waals surface area contributed by atoms with Crippen LogP contribution in [0.2, 0.25) is 0 Å². The smallest absolute Gasteiger partial charge is 0.226 e. The number of benzene rings is 1. The predicted molar refractivity (Wildman–Crippen MR) is 92.1 cm³/mol. The van der Waals surface area contributed by atoms with Crippen LogP contribution in [0.1, 0.15) is 31.2 Å². The number of nitrogens with zero attached hydrogens (tertiary/aromatic N) is 2. The lowest BCUT2D eigenvalue weighted by Crippen LogP contribution is -2.51.